The van der Waals surface area contributed by atoms with Crippen molar-refractivity contribution in [3.05, 3.63) is 29.3 Å². The Balaban J connectivity index is 1.91. The van der Waals surface area contributed by atoms with Crippen molar-refractivity contribution in [2.24, 2.45) is 5.92 Å². The summed E-state index contributed by atoms with van der Waals surface area (Å²) >= 11 is 0. The summed E-state index contributed by atoms with van der Waals surface area (Å²) in [5.74, 6) is 2.09. The minimum absolute atomic E-state index is 0.175. The zero-order valence-electron chi connectivity index (χ0n) is 14.9. The second-order valence-corrected chi connectivity index (χ2v) is 6.88. The molecule has 1 saturated carbocycles. The number of rotatable bonds is 9. The number of aryl methyl sites for hydroxylation is 1. The van der Waals surface area contributed by atoms with Crippen LogP contribution in [0.3, 0.4) is 0 Å². The van der Waals surface area contributed by atoms with E-state index in [-0.39, 0.29) is 5.91 Å². The van der Waals surface area contributed by atoms with Gasteiger partial charge in [0.15, 0.2) is 0 Å². The zero-order chi connectivity index (χ0) is 16.8. The number of hydrogen-bond donors (Lipinski definition) is 1. The van der Waals surface area contributed by atoms with E-state index in [2.05, 4.69) is 43.4 Å². The number of ether oxygens (including phenoxy) is 1. The minimum Gasteiger partial charge on any atom is -0.496 e. The highest BCUT2D eigenvalue weighted by Gasteiger charge is 2.33. The van der Waals surface area contributed by atoms with Gasteiger partial charge >= 0.3 is 0 Å². The molecule has 1 aliphatic carbocycles. The van der Waals surface area contributed by atoms with E-state index in [4.69, 9.17) is 4.74 Å². The quantitative estimate of drug-likeness (QED) is 0.712. The van der Waals surface area contributed by atoms with Gasteiger partial charge in [0.2, 0.25) is 5.91 Å². The number of nitrogens with one attached hydrogen (secondary N) is 1. The Hall–Kier alpha value is -1.55. The average Bonchev–Trinajstić information content (AvgIpc) is 3.33. The molecule has 1 unspecified atom stereocenters. The van der Waals surface area contributed by atoms with Gasteiger partial charge < -0.3 is 15.0 Å². The molecule has 0 spiro atoms. The summed E-state index contributed by atoms with van der Waals surface area (Å²) in [6.45, 7) is 3.83. The average molecular weight is 318 g/mol. The highest BCUT2D eigenvalue weighted by atomic mass is 16.5. The fraction of sp³-hybridized carbons (Fsp3) is 0.632. The first-order valence-corrected chi connectivity index (χ1v) is 8.57. The van der Waals surface area contributed by atoms with Gasteiger partial charge in [-0.2, -0.15) is 0 Å². The molecule has 1 N–H and O–H groups in total. The van der Waals surface area contributed by atoms with Crippen molar-refractivity contribution in [2.75, 3.05) is 34.3 Å². The van der Waals surface area contributed by atoms with Gasteiger partial charge in [0, 0.05) is 13.0 Å². The molecular formula is C19H30N2O2. The first kappa shape index (κ1) is 17.8. The molecule has 1 amide bonds. The lowest BCUT2D eigenvalue weighted by Crippen LogP contribution is -2.28. The Bertz CT molecular complexity index is 524. The Labute approximate surface area is 140 Å². The van der Waals surface area contributed by atoms with E-state index in [1.807, 2.05) is 6.07 Å². The van der Waals surface area contributed by atoms with E-state index >= 15 is 0 Å². The molecule has 0 aromatic heterocycles. The monoisotopic (exact) mass is 318 g/mol. The van der Waals surface area contributed by atoms with Gasteiger partial charge in [-0.15, -0.1) is 0 Å². The number of benzene rings is 1. The van der Waals surface area contributed by atoms with E-state index < -0.39 is 0 Å². The normalized spacial score (nSPS) is 15.5. The summed E-state index contributed by atoms with van der Waals surface area (Å²) in [6, 6.07) is 6.32. The van der Waals surface area contributed by atoms with E-state index in [0.29, 0.717) is 18.3 Å². The van der Waals surface area contributed by atoms with Crippen LogP contribution in [0.2, 0.25) is 0 Å². The first-order valence-electron chi connectivity index (χ1n) is 8.57. The molecule has 1 aliphatic rings. The van der Waals surface area contributed by atoms with Gasteiger partial charge in [-0.3, -0.25) is 4.79 Å². The lowest BCUT2D eigenvalue weighted by molar-refractivity contribution is -0.121. The van der Waals surface area contributed by atoms with Crippen LogP contribution in [0.5, 0.6) is 5.75 Å². The Morgan fingerprint density at radius 1 is 1.39 bits per heavy atom. The van der Waals surface area contributed by atoms with E-state index in [9.17, 15) is 4.79 Å². The van der Waals surface area contributed by atoms with E-state index in [0.717, 1.165) is 30.8 Å². The lowest BCUT2D eigenvalue weighted by atomic mass is 9.89. The first-order chi connectivity index (χ1) is 11.0. The second kappa shape index (κ2) is 8.34. The van der Waals surface area contributed by atoms with Crippen molar-refractivity contribution in [1.29, 1.82) is 0 Å². The van der Waals surface area contributed by atoms with Crippen LogP contribution < -0.4 is 10.1 Å². The molecule has 0 heterocycles. The summed E-state index contributed by atoms with van der Waals surface area (Å²) in [4.78, 5) is 14.4. The van der Waals surface area contributed by atoms with Crippen LogP contribution in [-0.2, 0) is 4.79 Å². The molecular weight excluding hydrogens is 288 g/mol. The topological polar surface area (TPSA) is 41.6 Å². The van der Waals surface area contributed by atoms with Crippen LogP contribution in [0.1, 0.15) is 42.7 Å². The van der Waals surface area contributed by atoms with Gasteiger partial charge in [0.25, 0.3) is 0 Å². The van der Waals surface area contributed by atoms with Crippen molar-refractivity contribution >= 4 is 5.91 Å². The second-order valence-electron chi connectivity index (χ2n) is 6.88. The maximum atomic E-state index is 12.3. The third kappa shape index (κ3) is 5.54. The van der Waals surface area contributed by atoms with Crippen molar-refractivity contribution in [1.82, 2.24) is 10.2 Å². The largest absolute Gasteiger partial charge is 0.496 e. The summed E-state index contributed by atoms with van der Waals surface area (Å²) in [7, 11) is 5.80. The maximum absolute atomic E-state index is 12.3. The molecule has 0 radical (unpaired) electrons. The lowest BCUT2D eigenvalue weighted by Gasteiger charge is -2.18. The summed E-state index contributed by atoms with van der Waals surface area (Å²) in [5, 5.41) is 3.07. The van der Waals surface area contributed by atoms with Crippen LogP contribution in [0.15, 0.2) is 18.2 Å². The molecule has 2 rings (SSSR count). The molecule has 0 bridgehead atoms. The molecule has 4 heteroatoms. The third-order valence-corrected chi connectivity index (χ3v) is 4.55. The number of hydrogen-bond acceptors (Lipinski definition) is 3. The van der Waals surface area contributed by atoms with Gasteiger partial charge in [-0.05, 0) is 75.9 Å². The predicted octanol–water partition coefficient (Wildman–Crippen LogP) is 2.96. The SMILES string of the molecule is COc1ccc(C(CC(=O)NCCCN(C)C)C2CC2)cc1C. The van der Waals surface area contributed by atoms with Crippen LogP contribution in [0, 0.1) is 12.8 Å². The number of amides is 1. The molecule has 128 valence electrons. The maximum Gasteiger partial charge on any atom is 0.220 e. The predicted molar refractivity (Wildman–Crippen MR) is 94.0 cm³/mol. The Morgan fingerprint density at radius 3 is 2.70 bits per heavy atom. The third-order valence-electron chi connectivity index (χ3n) is 4.55. The molecule has 1 aromatic carbocycles. The standard InChI is InChI=1S/C19H30N2O2/c1-14-12-16(8-9-18(14)23-4)17(15-6-7-15)13-19(22)20-10-5-11-21(2)3/h8-9,12,15,17H,5-7,10-11,13H2,1-4H3,(H,20,22). The Kier molecular flexibility index (Phi) is 6.46. The summed E-state index contributed by atoms with van der Waals surface area (Å²) in [6.07, 6.45) is 4.07. The van der Waals surface area contributed by atoms with Crippen molar-refractivity contribution in [2.45, 2.75) is 38.5 Å². The number of carbonyl (C=O) groups excluding carboxylic acids is 1. The van der Waals surface area contributed by atoms with Gasteiger partial charge in [0.05, 0.1) is 7.11 Å². The summed E-state index contributed by atoms with van der Waals surface area (Å²) in [5.41, 5.74) is 2.41. The highest BCUT2D eigenvalue weighted by Crippen LogP contribution is 2.45. The van der Waals surface area contributed by atoms with Crippen molar-refractivity contribution in [3.8, 4) is 5.75 Å². The number of methoxy groups -OCH3 is 1. The molecule has 1 aromatic rings. The summed E-state index contributed by atoms with van der Waals surface area (Å²) < 4.78 is 5.34. The Morgan fingerprint density at radius 2 is 2.13 bits per heavy atom. The molecule has 1 fully saturated rings. The van der Waals surface area contributed by atoms with Crippen LogP contribution in [0.25, 0.3) is 0 Å². The van der Waals surface area contributed by atoms with Gasteiger partial charge in [-0.25, -0.2) is 0 Å². The fourth-order valence-electron chi connectivity index (χ4n) is 3.08. The number of carbonyl (C=O) groups is 1. The highest BCUT2D eigenvalue weighted by molar-refractivity contribution is 5.77. The fourth-order valence-corrected chi connectivity index (χ4v) is 3.08. The zero-order valence-corrected chi connectivity index (χ0v) is 14.9. The molecule has 0 aliphatic heterocycles. The molecule has 1 atom stereocenters. The van der Waals surface area contributed by atoms with Crippen molar-refractivity contribution < 1.29 is 9.53 Å². The van der Waals surface area contributed by atoms with Crippen LogP contribution in [0.4, 0.5) is 0 Å². The van der Waals surface area contributed by atoms with Crippen LogP contribution >= 0.6 is 0 Å². The smallest absolute Gasteiger partial charge is 0.220 e. The molecule has 0 saturated heterocycles. The van der Waals surface area contributed by atoms with Crippen LogP contribution in [-0.4, -0.2) is 45.1 Å². The van der Waals surface area contributed by atoms with Gasteiger partial charge in [0.1, 0.15) is 5.75 Å². The molecule has 4 nitrogen and oxygen atoms in total. The molecule has 23 heavy (non-hydrogen) atoms. The van der Waals surface area contributed by atoms with E-state index in [1.165, 1.54) is 18.4 Å². The minimum atomic E-state index is 0.175. The van der Waals surface area contributed by atoms with E-state index in [1.54, 1.807) is 7.11 Å². The number of nitrogens with zero attached hydrogens (tertiary/aromatic N) is 1. The van der Waals surface area contributed by atoms with Gasteiger partial charge in [-0.1, -0.05) is 12.1 Å². The van der Waals surface area contributed by atoms with Crippen molar-refractivity contribution in [3.63, 3.8) is 0 Å².